The van der Waals surface area contributed by atoms with Crippen LogP contribution in [0.2, 0.25) is 0 Å². The van der Waals surface area contributed by atoms with Gasteiger partial charge in [-0.05, 0) is 83.6 Å². The van der Waals surface area contributed by atoms with Crippen LogP contribution in [0.5, 0.6) is 5.75 Å². The Morgan fingerprint density at radius 2 is 1.77 bits per heavy atom. The molecule has 6 nitrogen and oxygen atoms in total. The van der Waals surface area contributed by atoms with E-state index in [9.17, 15) is 13.2 Å². The number of ether oxygens (including phenoxy) is 1. The van der Waals surface area contributed by atoms with E-state index in [0.717, 1.165) is 25.7 Å². The van der Waals surface area contributed by atoms with Crippen molar-refractivity contribution < 1.29 is 17.9 Å². The minimum absolute atomic E-state index is 0.248. The molecular weight excluding hydrogens is 480 g/mol. The molecule has 0 bridgehead atoms. The Morgan fingerprint density at radius 1 is 1.10 bits per heavy atom. The molecule has 0 saturated carbocycles. The Hall–Kier alpha value is -1.90. The number of benzene rings is 2. The van der Waals surface area contributed by atoms with Crippen LogP contribution in [0.15, 0.2) is 51.8 Å². The lowest BCUT2D eigenvalue weighted by Crippen LogP contribution is -2.35. The molecule has 2 aromatic carbocycles. The average Bonchev–Trinajstić information content (AvgIpc) is 2.75. The highest BCUT2D eigenvalue weighted by molar-refractivity contribution is 9.10. The Morgan fingerprint density at radius 3 is 2.39 bits per heavy atom. The quantitative estimate of drug-likeness (QED) is 0.524. The van der Waals surface area contributed by atoms with Gasteiger partial charge in [0.05, 0.1) is 16.0 Å². The third-order valence-electron chi connectivity index (χ3n) is 5.21. The molecule has 0 aromatic heterocycles. The maximum absolute atomic E-state index is 12.7. The molecule has 1 N–H and O–H groups in total. The van der Waals surface area contributed by atoms with Crippen LogP contribution in [0.3, 0.4) is 0 Å². The summed E-state index contributed by atoms with van der Waals surface area (Å²) in [5, 5.41) is 2.81. The average molecular weight is 509 g/mol. The maximum Gasteiger partial charge on any atom is 0.255 e. The van der Waals surface area contributed by atoms with Crippen LogP contribution in [-0.4, -0.2) is 38.3 Å². The fourth-order valence-corrected chi connectivity index (χ4v) is 5.34. The molecule has 0 radical (unpaired) electrons. The van der Waals surface area contributed by atoms with Gasteiger partial charge >= 0.3 is 0 Å². The molecule has 8 heteroatoms. The number of halogens is 1. The summed E-state index contributed by atoms with van der Waals surface area (Å²) in [4.78, 5) is 12.9. The number of nitrogens with zero attached hydrogens (tertiary/aromatic N) is 1. The zero-order valence-electron chi connectivity index (χ0n) is 17.9. The number of nitrogens with one attached hydrogen (secondary N) is 1. The molecule has 0 aliphatic carbocycles. The van der Waals surface area contributed by atoms with Gasteiger partial charge in [-0.2, -0.15) is 4.31 Å². The van der Waals surface area contributed by atoms with Crippen LogP contribution < -0.4 is 10.1 Å². The summed E-state index contributed by atoms with van der Waals surface area (Å²) in [6.07, 6.45) is 3.81. The van der Waals surface area contributed by atoms with Crippen molar-refractivity contribution in [2.45, 2.75) is 44.4 Å². The maximum atomic E-state index is 12.7. The van der Waals surface area contributed by atoms with Gasteiger partial charge in [-0.3, -0.25) is 4.79 Å². The topological polar surface area (TPSA) is 75.7 Å². The highest BCUT2D eigenvalue weighted by atomic mass is 79.9. The largest absolute Gasteiger partial charge is 0.492 e. The summed E-state index contributed by atoms with van der Waals surface area (Å²) < 4.78 is 33.5. The van der Waals surface area contributed by atoms with Gasteiger partial charge in [0.2, 0.25) is 10.0 Å². The Bertz CT molecular complexity index is 1000. The lowest BCUT2D eigenvalue weighted by Gasteiger charge is -2.25. The first-order chi connectivity index (χ1) is 14.8. The summed E-state index contributed by atoms with van der Waals surface area (Å²) in [5.41, 5.74) is 1.02. The summed E-state index contributed by atoms with van der Waals surface area (Å²) in [6, 6.07) is 11.5. The van der Waals surface area contributed by atoms with Gasteiger partial charge in [0, 0.05) is 24.3 Å². The zero-order chi connectivity index (χ0) is 22.4. The van der Waals surface area contributed by atoms with E-state index in [0.29, 0.717) is 47.1 Å². The van der Waals surface area contributed by atoms with Gasteiger partial charge < -0.3 is 10.1 Å². The Labute approximate surface area is 193 Å². The van der Waals surface area contributed by atoms with Gasteiger partial charge in [0.1, 0.15) is 5.75 Å². The van der Waals surface area contributed by atoms with Gasteiger partial charge in [-0.1, -0.05) is 20.3 Å². The summed E-state index contributed by atoms with van der Waals surface area (Å²) in [6.45, 7) is 6.02. The number of amides is 1. The molecule has 0 spiro atoms. The Kier molecular flexibility index (Phi) is 8.13. The minimum atomic E-state index is -3.48. The van der Waals surface area contributed by atoms with Gasteiger partial charge in [-0.25, -0.2) is 8.42 Å². The predicted octanol–water partition coefficient (Wildman–Crippen LogP) is 5.30. The molecule has 1 aliphatic heterocycles. The molecule has 2 aromatic rings. The fraction of sp³-hybridized carbons (Fsp3) is 0.435. The van der Waals surface area contributed by atoms with Crippen LogP contribution in [0, 0.1) is 5.92 Å². The number of anilines is 1. The van der Waals surface area contributed by atoms with E-state index >= 15 is 0 Å². The smallest absolute Gasteiger partial charge is 0.255 e. The van der Waals surface area contributed by atoms with Crippen molar-refractivity contribution in [3.63, 3.8) is 0 Å². The standard InChI is InChI=1S/C23H29BrN2O4S/c1-17(2)12-15-30-22-11-6-18(16-21(22)24)23(27)25-19-7-9-20(10-8-19)31(28,29)26-13-4-3-5-14-26/h6-11,16-17H,3-5,12-15H2,1-2H3,(H,25,27). The monoisotopic (exact) mass is 508 g/mol. The molecule has 1 aliphatic rings. The molecule has 31 heavy (non-hydrogen) atoms. The first-order valence-electron chi connectivity index (χ1n) is 10.6. The van der Waals surface area contributed by atoms with E-state index in [1.165, 1.54) is 4.31 Å². The summed E-state index contributed by atoms with van der Waals surface area (Å²) in [7, 11) is -3.48. The van der Waals surface area contributed by atoms with Crippen molar-refractivity contribution >= 4 is 37.5 Å². The van der Waals surface area contributed by atoms with E-state index < -0.39 is 10.0 Å². The molecule has 1 amide bonds. The number of sulfonamides is 1. The van der Waals surface area contributed by atoms with E-state index in [1.54, 1.807) is 42.5 Å². The number of hydrogen-bond acceptors (Lipinski definition) is 4. The Balaban J connectivity index is 1.63. The third-order valence-corrected chi connectivity index (χ3v) is 7.74. The summed E-state index contributed by atoms with van der Waals surface area (Å²) >= 11 is 3.46. The second kappa shape index (κ2) is 10.6. The van der Waals surface area contributed by atoms with Crippen molar-refractivity contribution in [2.24, 2.45) is 5.92 Å². The minimum Gasteiger partial charge on any atom is -0.492 e. The first-order valence-corrected chi connectivity index (χ1v) is 12.8. The van der Waals surface area contributed by atoms with Crippen molar-refractivity contribution in [1.29, 1.82) is 0 Å². The molecule has 1 fully saturated rings. The van der Waals surface area contributed by atoms with Gasteiger partial charge in [0.25, 0.3) is 5.91 Å². The second-order valence-electron chi connectivity index (χ2n) is 8.12. The van der Waals surface area contributed by atoms with E-state index in [4.69, 9.17) is 4.74 Å². The lowest BCUT2D eigenvalue weighted by atomic mass is 10.1. The van der Waals surface area contributed by atoms with Crippen molar-refractivity contribution in [2.75, 3.05) is 25.0 Å². The number of carbonyl (C=O) groups excluding carboxylic acids is 1. The molecule has 0 atom stereocenters. The molecule has 1 saturated heterocycles. The predicted molar refractivity (Wildman–Crippen MR) is 126 cm³/mol. The highest BCUT2D eigenvalue weighted by Crippen LogP contribution is 2.27. The fourth-order valence-electron chi connectivity index (χ4n) is 3.33. The lowest BCUT2D eigenvalue weighted by molar-refractivity contribution is 0.102. The van der Waals surface area contributed by atoms with E-state index in [2.05, 4.69) is 35.1 Å². The zero-order valence-corrected chi connectivity index (χ0v) is 20.3. The molecule has 168 valence electrons. The van der Waals surface area contributed by atoms with Crippen LogP contribution in [0.1, 0.15) is 49.9 Å². The SMILES string of the molecule is CC(C)CCOc1ccc(C(=O)Nc2ccc(S(=O)(=O)N3CCCCC3)cc2)cc1Br. The van der Waals surface area contributed by atoms with Crippen LogP contribution >= 0.6 is 15.9 Å². The highest BCUT2D eigenvalue weighted by Gasteiger charge is 2.25. The third kappa shape index (κ3) is 6.30. The first kappa shape index (κ1) is 23.8. The van der Waals surface area contributed by atoms with E-state index in [-0.39, 0.29) is 10.8 Å². The molecule has 3 rings (SSSR count). The van der Waals surface area contributed by atoms with Gasteiger partial charge in [0.15, 0.2) is 0 Å². The van der Waals surface area contributed by atoms with Crippen LogP contribution in [0.4, 0.5) is 5.69 Å². The number of rotatable bonds is 8. The normalized spacial score (nSPS) is 15.1. The number of hydrogen-bond donors (Lipinski definition) is 1. The van der Waals surface area contributed by atoms with Crippen molar-refractivity contribution in [3.05, 3.63) is 52.5 Å². The van der Waals surface area contributed by atoms with Gasteiger partial charge in [-0.15, -0.1) is 0 Å². The van der Waals surface area contributed by atoms with Crippen LogP contribution in [0.25, 0.3) is 0 Å². The molecule has 1 heterocycles. The molecular formula is C23H29BrN2O4S. The number of carbonyl (C=O) groups is 1. The number of piperidine rings is 1. The second-order valence-corrected chi connectivity index (χ2v) is 10.9. The molecule has 0 unspecified atom stereocenters. The van der Waals surface area contributed by atoms with Crippen LogP contribution in [-0.2, 0) is 10.0 Å². The van der Waals surface area contributed by atoms with E-state index in [1.807, 2.05) is 0 Å². The van der Waals surface area contributed by atoms with Crippen molar-refractivity contribution in [1.82, 2.24) is 4.31 Å². The summed E-state index contributed by atoms with van der Waals surface area (Å²) in [5.74, 6) is 0.982. The van der Waals surface area contributed by atoms with Crippen molar-refractivity contribution in [3.8, 4) is 5.75 Å².